The lowest BCUT2D eigenvalue weighted by Crippen LogP contribution is -2.31. The highest BCUT2D eigenvalue weighted by atomic mass is 32.2. The van der Waals surface area contributed by atoms with Gasteiger partial charge in [-0.05, 0) is 50.6 Å². The first-order chi connectivity index (χ1) is 13.0. The number of hydrogen-bond acceptors (Lipinski definition) is 4. The molecule has 27 heavy (non-hydrogen) atoms. The molecule has 4 nitrogen and oxygen atoms in total. The third-order valence-electron chi connectivity index (χ3n) is 4.04. The van der Waals surface area contributed by atoms with Crippen molar-refractivity contribution in [3.63, 3.8) is 0 Å². The molecular weight excluding hydrogens is 376 g/mol. The van der Waals surface area contributed by atoms with E-state index >= 15 is 0 Å². The molecule has 0 fully saturated rings. The lowest BCUT2D eigenvalue weighted by Gasteiger charge is -2.22. The van der Waals surface area contributed by atoms with Crippen LogP contribution in [0.4, 0.5) is 5.69 Å². The van der Waals surface area contributed by atoms with E-state index in [1.807, 2.05) is 61.5 Å². The summed E-state index contributed by atoms with van der Waals surface area (Å²) in [4.78, 5) is 14.5. The van der Waals surface area contributed by atoms with E-state index in [1.165, 1.54) is 11.8 Å². The third kappa shape index (κ3) is 6.88. The maximum absolute atomic E-state index is 12.4. The average Bonchev–Trinajstić information content (AvgIpc) is 2.69. The van der Waals surface area contributed by atoms with Crippen LogP contribution in [0.25, 0.3) is 0 Å². The van der Waals surface area contributed by atoms with Gasteiger partial charge in [-0.3, -0.25) is 4.79 Å². The topological polar surface area (TPSA) is 41.6 Å². The van der Waals surface area contributed by atoms with Gasteiger partial charge in [0, 0.05) is 18.8 Å². The summed E-state index contributed by atoms with van der Waals surface area (Å²) in [5.74, 6) is 0.703. The third-order valence-corrected chi connectivity index (χ3v) is 5.61. The first-order valence-electron chi connectivity index (χ1n) is 9.06. The molecule has 0 unspecified atom stereocenters. The van der Waals surface area contributed by atoms with Crippen LogP contribution in [0.2, 0.25) is 0 Å². The highest BCUT2D eigenvalue weighted by Gasteiger charge is 2.18. The fraction of sp³-hybridized carbons (Fsp3) is 0.333. The molecule has 0 bridgehead atoms. The van der Waals surface area contributed by atoms with Crippen molar-refractivity contribution < 1.29 is 9.53 Å². The molecule has 1 atom stereocenters. The Hall–Kier alpha value is -2.05. The number of thioether (sulfide) groups is 1. The zero-order valence-electron chi connectivity index (χ0n) is 16.0. The molecule has 0 radical (unpaired) electrons. The number of carbonyl (C=O) groups is 1. The maximum atomic E-state index is 12.4. The minimum atomic E-state index is -0.257. The summed E-state index contributed by atoms with van der Waals surface area (Å²) in [6, 6.07) is 17.4. The standard InChI is InChI=1S/C21H26N2O2S2/c1-4-23(5-2)21(26)27-16(3)20(24)22-18-11-13-19(14-12-18)25-15-17-9-7-6-8-10-17/h6-14,16H,4-5,15H2,1-3H3,(H,22,24)/t16-/m1/s1. The number of hydrogen-bond donors (Lipinski definition) is 1. The fourth-order valence-electron chi connectivity index (χ4n) is 2.38. The molecule has 144 valence electrons. The first-order valence-corrected chi connectivity index (χ1v) is 10.4. The molecule has 0 aromatic heterocycles. The molecule has 2 aromatic rings. The SMILES string of the molecule is CCN(CC)C(=S)S[C@H](C)C(=O)Nc1ccc(OCc2ccccc2)cc1. The van der Waals surface area contributed by atoms with Crippen LogP contribution in [0, 0.1) is 0 Å². The van der Waals surface area contributed by atoms with Crippen LogP contribution in [0.3, 0.4) is 0 Å². The Balaban J connectivity index is 1.84. The molecule has 0 aliphatic carbocycles. The van der Waals surface area contributed by atoms with E-state index in [9.17, 15) is 4.79 Å². The summed E-state index contributed by atoms with van der Waals surface area (Å²) in [5, 5.41) is 2.67. The van der Waals surface area contributed by atoms with E-state index in [4.69, 9.17) is 17.0 Å². The van der Waals surface area contributed by atoms with Crippen molar-refractivity contribution in [1.82, 2.24) is 4.90 Å². The van der Waals surface area contributed by atoms with Crippen molar-refractivity contribution >= 4 is 39.9 Å². The van der Waals surface area contributed by atoms with E-state index in [1.54, 1.807) is 0 Å². The number of amides is 1. The summed E-state index contributed by atoms with van der Waals surface area (Å²) in [7, 11) is 0. The van der Waals surface area contributed by atoms with Gasteiger partial charge in [-0.2, -0.15) is 0 Å². The molecule has 2 aromatic carbocycles. The van der Waals surface area contributed by atoms with Gasteiger partial charge in [0.1, 0.15) is 16.7 Å². The van der Waals surface area contributed by atoms with E-state index in [0.717, 1.165) is 34.4 Å². The number of rotatable bonds is 8. The Kier molecular flexibility index (Phi) is 8.61. The zero-order valence-corrected chi connectivity index (χ0v) is 17.6. The monoisotopic (exact) mass is 402 g/mol. The van der Waals surface area contributed by atoms with Crippen LogP contribution in [0.5, 0.6) is 5.75 Å². The molecule has 0 saturated heterocycles. The van der Waals surface area contributed by atoms with Crippen LogP contribution in [0.1, 0.15) is 26.3 Å². The first kappa shape index (κ1) is 21.3. The molecule has 0 spiro atoms. The molecule has 6 heteroatoms. The fourth-order valence-corrected chi connectivity index (χ4v) is 3.95. The summed E-state index contributed by atoms with van der Waals surface area (Å²) >= 11 is 6.83. The Bertz CT molecular complexity index is 732. The highest BCUT2D eigenvalue weighted by Crippen LogP contribution is 2.20. The second-order valence-corrected chi connectivity index (χ2v) is 7.96. The quantitative estimate of drug-likeness (QED) is 0.633. The lowest BCUT2D eigenvalue weighted by atomic mass is 10.2. The predicted octanol–water partition coefficient (Wildman–Crippen LogP) is 4.95. The number of carbonyl (C=O) groups excluding carboxylic acids is 1. The van der Waals surface area contributed by atoms with Gasteiger partial charge >= 0.3 is 0 Å². The molecule has 0 heterocycles. The van der Waals surface area contributed by atoms with Crippen molar-refractivity contribution in [2.45, 2.75) is 32.6 Å². The van der Waals surface area contributed by atoms with Gasteiger partial charge < -0.3 is 15.0 Å². The van der Waals surface area contributed by atoms with Gasteiger partial charge in [-0.15, -0.1) is 0 Å². The van der Waals surface area contributed by atoms with Crippen molar-refractivity contribution in [2.24, 2.45) is 0 Å². The summed E-state index contributed by atoms with van der Waals surface area (Å²) < 4.78 is 6.52. The molecule has 0 aliphatic heterocycles. The highest BCUT2D eigenvalue weighted by molar-refractivity contribution is 8.23. The second-order valence-electron chi connectivity index (χ2n) is 5.99. The van der Waals surface area contributed by atoms with E-state index < -0.39 is 0 Å². The number of nitrogens with one attached hydrogen (secondary N) is 1. The average molecular weight is 403 g/mol. The van der Waals surface area contributed by atoms with Crippen molar-refractivity contribution in [2.75, 3.05) is 18.4 Å². The molecular formula is C21H26N2O2S2. The second kappa shape index (κ2) is 10.9. The minimum Gasteiger partial charge on any atom is -0.489 e. The molecule has 0 aliphatic rings. The van der Waals surface area contributed by atoms with Crippen LogP contribution in [-0.4, -0.2) is 33.5 Å². The minimum absolute atomic E-state index is 0.0625. The van der Waals surface area contributed by atoms with Gasteiger partial charge in [0.25, 0.3) is 0 Å². The van der Waals surface area contributed by atoms with Crippen LogP contribution < -0.4 is 10.1 Å². The van der Waals surface area contributed by atoms with E-state index in [-0.39, 0.29) is 11.2 Å². The smallest absolute Gasteiger partial charge is 0.237 e. The van der Waals surface area contributed by atoms with Gasteiger partial charge in [0.05, 0.1) is 5.25 Å². The normalized spacial score (nSPS) is 11.5. The van der Waals surface area contributed by atoms with Gasteiger partial charge in [0.15, 0.2) is 0 Å². The van der Waals surface area contributed by atoms with Crippen molar-refractivity contribution in [3.05, 3.63) is 60.2 Å². The number of nitrogens with zero attached hydrogens (tertiary/aromatic N) is 1. The Morgan fingerprint density at radius 3 is 2.33 bits per heavy atom. The van der Waals surface area contributed by atoms with Crippen LogP contribution >= 0.6 is 24.0 Å². The molecule has 2 rings (SSSR count). The number of anilines is 1. The predicted molar refractivity (Wildman–Crippen MR) is 118 cm³/mol. The summed E-state index contributed by atoms with van der Waals surface area (Å²) in [6.45, 7) is 8.20. The number of benzene rings is 2. The van der Waals surface area contributed by atoms with E-state index in [0.29, 0.717) is 6.61 Å². The summed E-state index contributed by atoms with van der Waals surface area (Å²) in [5.41, 5.74) is 1.86. The van der Waals surface area contributed by atoms with Gasteiger partial charge in [0.2, 0.25) is 5.91 Å². The number of ether oxygens (including phenoxy) is 1. The maximum Gasteiger partial charge on any atom is 0.237 e. The van der Waals surface area contributed by atoms with E-state index in [2.05, 4.69) is 24.1 Å². The van der Waals surface area contributed by atoms with Crippen LogP contribution in [0.15, 0.2) is 54.6 Å². The Morgan fingerprint density at radius 1 is 1.11 bits per heavy atom. The molecule has 1 amide bonds. The Labute approximate surface area is 171 Å². The largest absolute Gasteiger partial charge is 0.489 e. The summed E-state index contributed by atoms with van der Waals surface area (Å²) in [6.07, 6.45) is 0. The molecule has 1 N–H and O–H groups in total. The van der Waals surface area contributed by atoms with Gasteiger partial charge in [-0.1, -0.05) is 54.3 Å². The number of thiocarbonyl (C=S) groups is 1. The van der Waals surface area contributed by atoms with Crippen molar-refractivity contribution in [1.29, 1.82) is 0 Å². The zero-order chi connectivity index (χ0) is 19.6. The Morgan fingerprint density at radius 2 is 1.74 bits per heavy atom. The lowest BCUT2D eigenvalue weighted by molar-refractivity contribution is -0.115. The molecule has 0 saturated carbocycles. The van der Waals surface area contributed by atoms with Gasteiger partial charge in [-0.25, -0.2) is 0 Å². The van der Waals surface area contributed by atoms with Crippen molar-refractivity contribution in [3.8, 4) is 5.75 Å². The van der Waals surface area contributed by atoms with Crippen LogP contribution in [-0.2, 0) is 11.4 Å².